The van der Waals surface area contributed by atoms with E-state index in [9.17, 15) is 13.6 Å². The van der Waals surface area contributed by atoms with Gasteiger partial charge in [-0.25, -0.2) is 13.5 Å². The predicted molar refractivity (Wildman–Crippen MR) is 105 cm³/mol. The highest BCUT2D eigenvalue weighted by Crippen LogP contribution is 2.26. The molecule has 0 aliphatic rings. The van der Waals surface area contributed by atoms with Gasteiger partial charge in [0, 0.05) is 5.69 Å². The molecule has 2 aromatic carbocycles. The van der Waals surface area contributed by atoms with Gasteiger partial charge in [0.25, 0.3) is 5.91 Å². The van der Waals surface area contributed by atoms with E-state index in [2.05, 4.69) is 25.9 Å². The number of anilines is 1. The minimum absolute atomic E-state index is 0.0651. The molecule has 8 nitrogen and oxygen atoms in total. The van der Waals surface area contributed by atoms with Crippen molar-refractivity contribution in [3.05, 3.63) is 76.3 Å². The van der Waals surface area contributed by atoms with E-state index in [1.54, 1.807) is 13.8 Å². The Hall–Kier alpha value is -3.66. The maximum Gasteiger partial charge on any atom is 0.260 e. The molecule has 2 heterocycles. The van der Waals surface area contributed by atoms with Crippen LogP contribution in [0.4, 0.5) is 14.5 Å². The molecule has 1 N–H and O–H groups in total. The highest BCUT2D eigenvalue weighted by atomic mass is 35.5. The zero-order valence-corrected chi connectivity index (χ0v) is 16.5. The molecule has 0 aliphatic carbocycles. The summed E-state index contributed by atoms with van der Waals surface area (Å²) < 4.78 is 30.0. The quantitative estimate of drug-likeness (QED) is 0.534. The van der Waals surface area contributed by atoms with Crippen LogP contribution in [0.5, 0.6) is 0 Å². The molecule has 4 aromatic rings. The van der Waals surface area contributed by atoms with Gasteiger partial charge in [0.1, 0.15) is 28.0 Å². The molecule has 1 amide bonds. The molecular weight excluding hydrogens is 416 g/mol. The average molecular weight is 430 g/mol. The summed E-state index contributed by atoms with van der Waals surface area (Å²) in [6.45, 7) is 3.25. The number of rotatable bonds is 4. The topological polar surface area (TPSA) is 90.5 Å². The van der Waals surface area contributed by atoms with Gasteiger partial charge in [-0.3, -0.25) is 4.79 Å². The van der Waals surface area contributed by atoms with E-state index in [4.69, 9.17) is 11.6 Å². The van der Waals surface area contributed by atoms with E-state index in [0.717, 1.165) is 0 Å². The number of amides is 1. The second kappa shape index (κ2) is 7.64. The van der Waals surface area contributed by atoms with Gasteiger partial charge >= 0.3 is 0 Å². The van der Waals surface area contributed by atoms with Crippen LogP contribution in [0.25, 0.3) is 11.4 Å². The number of aryl methyl sites for hydroxylation is 2. The summed E-state index contributed by atoms with van der Waals surface area (Å²) in [7, 11) is 0. The fourth-order valence-electron chi connectivity index (χ4n) is 2.91. The number of halogens is 3. The normalized spacial score (nSPS) is 11.0. The van der Waals surface area contributed by atoms with E-state index in [1.807, 2.05) is 0 Å². The number of aromatic nitrogens is 6. The zero-order chi connectivity index (χ0) is 21.4. The number of carbonyl (C=O) groups is 1. The molecule has 0 aliphatic heterocycles. The van der Waals surface area contributed by atoms with Gasteiger partial charge in [0.2, 0.25) is 0 Å². The SMILES string of the molecule is Cc1nn(-c2ccc(F)cc2)c(Cl)c1C(=O)Nc1ccc(F)c(-n2nnnc2C)c1. The van der Waals surface area contributed by atoms with Crippen LogP contribution in [-0.2, 0) is 0 Å². The fraction of sp³-hybridized carbons (Fsp3) is 0.105. The van der Waals surface area contributed by atoms with E-state index < -0.39 is 17.5 Å². The lowest BCUT2D eigenvalue weighted by atomic mass is 10.2. The van der Waals surface area contributed by atoms with Crippen LogP contribution in [-0.4, -0.2) is 35.9 Å². The summed E-state index contributed by atoms with van der Waals surface area (Å²) in [6.07, 6.45) is 0. The van der Waals surface area contributed by atoms with Crippen LogP contribution in [0.2, 0.25) is 5.15 Å². The summed E-state index contributed by atoms with van der Waals surface area (Å²) >= 11 is 6.38. The van der Waals surface area contributed by atoms with Gasteiger partial charge in [0.05, 0.1) is 11.4 Å². The Morgan fingerprint density at radius 3 is 2.47 bits per heavy atom. The summed E-state index contributed by atoms with van der Waals surface area (Å²) in [6, 6.07) is 9.54. The number of nitrogens with one attached hydrogen (secondary N) is 1. The second-order valence-electron chi connectivity index (χ2n) is 6.40. The Kier molecular flexibility index (Phi) is 5.00. The number of nitrogens with zero attached hydrogens (tertiary/aromatic N) is 6. The molecular formula is C19H14ClF2N7O. The molecule has 30 heavy (non-hydrogen) atoms. The third-order valence-electron chi connectivity index (χ3n) is 4.36. The third-order valence-corrected chi connectivity index (χ3v) is 4.71. The van der Waals surface area contributed by atoms with E-state index in [-0.39, 0.29) is 16.4 Å². The Bertz CT molecular complexity index is 1250. The first-order valence-electron chi connectivity index (χ1n) is 8.72. The molecule has 11 heteroatoms. The Balaban J connectivity index is 1.65. The smallest absolute Gasteiger partial charge is 0.260 e. The monoisotopic (exact) mass is 429 g/mol. The Labute approximate surface area is 174 Å². The summed E-state index contributed by atoms with van der Waals surface area (Å²) in [5, 5.41) is 18.0. The predicted octanol–water partition coefficient (Wildman–Crippen LogP) is 3.65. The van der Waals surface area contributed by atoms with E-state index in [0.29, 0.717) is 22.9 Å². The van der Waals surface area contributed by atoms with Gasteiger partial charge in [-0.05, 0) is 66.7 Å². The standard InChI is InChI=1S/C19H14ClF2N7O/c1-10-17(18(20)29(25-10)14-6-3-12(21)4-7-14)19(30)23-13-5-8-15(22)16(9-13)28-11(2)24-26-27-28/h3-9H,1-2H3,(H,23,30). The summed E-state index contributed by atoms with van der Waals surface area (Å²) in [4.78, 5) is 12.9. The first kappa shape index (κ1) is 19.6. The molecule has 4 rings (SSSR count). The molecule has 0 bridgehead atoms. The molecule has 0 spiro atoms. The van der Waals surface area contributed by atoms with Crippen molar-refractivity contribution in [1.29, 1.82) is 0 Å². The molecule has 152 valence electrons. The Morgan fingerprint density at radius 2 is 1.80 bits per heavy atom. The lowest BCUT2D eigenvalue weighted by Crippen LogP contribution is -2.14. The van der Waals surface area contributed by atoms with Crippen LogP contribution in [0.15, 0.2) is 42.5 Å². The summed E-state index contributed by atoms with van der Waals surface area (Å²) in [5.41, 5.74) is 1.42. The van der Waals surface area contributed by atoms with Crippen molar-refractivity contribution in [2.24, 2.45) is 0 Å². The van der Waals surface area contributed by atoms with Crippen LogP contribution in [0.1, 0.15) is 21.9 Å². The van der Waals surface area contributed by atoms with Gasteiger partial charge in [-0.2, -0.15) is 9.78 Å². The number of hydrogen-bond donors (Lipinski definition) is 1. The van der Waals surface area contributed by atoms with Crippen molar-refractivity contribution in [1.82, 2.24) is 30.0 Å². The maximum absolute atomic E-state index is 14.2. The molecule has 0 saturated heterocycles. The maximum atomic E-state index is 14.2. The zero-order valence-electron chi connectivity index (χ0n) is 15.8. The van der Waals surface area contributed by atoms with Crippen molar-refractivity contribution in [2.75, 3.05) is 5.32 Å². The highest BCUT2D eigenvalue weighted by molar-refractivity contribution is 6.34. The molecule has 0 saturated carbocycles. The largest absolute Gasteiger partial charge is 0.322 e. The van der Waals surface area contributed by atoms with Crippen molar-refractivity contribution < 1.29 is 13.6 Å². The van der Waals surface area contributed by atoms with Crippen LogP contribution in [0, 0.1) is 25.5 Å². The van der Waals surface area contributed by atoms with Crippen LogP contribution >= 0.6 is 11.6 Å². The van der Waals surface area contributed by atoms with Gasteiger partial charge < -0.3 is 5.32 Å². The van der Waals surface area contributed by atoms with E-state index >= 15 is 0 Å². The lowest BCUT2D eigenvalue weighted by molar-refractivity contribution is 0.102. The number of hydrogen-bond acceptors (Lipinski definition) is 5. The van der Waals surface area contributed by atoms with Gasteiger partial charge in [-0.15, -0.1) is 5.10 Å². The number of benzene rings is 2. The van der Waals surface area contributed by atoms with Crippen molar-refractivity contribution in [3.63, 3.8) is 0 Å². The first-order chi connectivity index (χ1) is 14.3. The molecule has 0 radical (unpaired) electrons. The van der Waals surface area contributed by atoms with Crippen molar-refractivity contribution in [2.45, 2.75) is 13.8 Å². The first-order valence-corrected chi connectivity index (χ1v) is 9.10. The highest BCUT2D eigenvalue weighted by Gasteiger charge is 2.22. The minimum Gasteiger partial charge on any atom is -0.322 e. The average Bonchev–Trinajstić information content (AvgIpc) is 3.26. The number of tetrazole rings is 1. The third kappa shape index (κ3) is 3.52. The van der Waals surface area contributed by atoms with Gasteiger partial charge in [-0.1, -0.05) is 11.6 Å². The molecule has 0 fully saturated rings. The summed E-state index contributed by atoms with van der Waals surface area (Å²) in [5.74, 6) is -1.10. The molecule has 0 atom stereocenters. The lowest BCUT2D eigenvalue weighted by Gasteiger charge is -2.09. The van der Waals surface area contributed by atoms with Crippen molar-refractivity contribution in [3.8, 4) is 11.4 Å². The molecule has 0 unspecified atom stereocenters. The van der Waals surface area contributed by atoms with Crippen LogP contribution < -0.4 is 5.32 Å². The van der Waals surface area contributed by atoms with Crippen molar-refractivity contribution >= 4 is 23.2 Å². The van der Waals surface area contributed by atoms with E-state index in [1.165, 1.54) is 51.8 Å². The molecule has 2 aromatic heterocycles. The fourth-order valence-corrected chi connectivity index (χ4v) is 3.27. The van der Waals surface area contributed by atoms with Gasteiger partial charge in [0.15, 0.2) is 5.82 Å². The Morgan fingerprint density at radius 1 is 1.07 bits per heavy atom. The minimum atomic E-state index is -0.554. The second-order valence-corrected chi connectivity index (χ2v) is 6.76. The number of carbonyl (C=O) groups excluding carboxylic acids is 1. The van der Waals surface area contributed by atoms with Crippen LogP contribution in [0.3, 0.4) is 0 Å².